The van der Waals surface area contributed by atoms with Gasteiger partial charge < -0.3 is 4.90 Å². The number of para-hydroxylation sites is 1. The third-order valence-electron chi connectivity index (χ3n) is 5.71. The molecule has 3 aromatic carbocycles. The summed E-state index contributed by atoms with van der Waals surface area (Å²) in [6.07, 6.45) is 0. The van der Waals surface area contributed by atoms with E-state index in [0.29, 0.717) is 5.69 Å². The minimum Gasteiger partial charge on any atom is -0.330 e. The summed E-state index contributed by atoms with van der Waals surface area (Å²) >= 11 is 0. The van der Waals surface area contributed by atoms with Gasteiger partial charge in [0.1, 0.15) is 0 Å². The maximum Gasteiger partial charge on any atom is 0.328 e. The highest BCUT2D eigenvalue weighted by Gasteiger charge is 2.29. The quantitative estimate of drug-likeness (QED) is 0.462. The Hall–Kier alpha value is -3.42. The van der Waals surface area contributed by atoms with Crippen molar-refractivity contribution in [1.82, 2.24) is 14.2 Å². The zero-order valence-electron chi connectivity index (χ0n) is 19.1. The maximum absolute atomic E-state index is 13.4. The van der Waals surface area contributed by atoms with Gasteiger partial charge in [0, 0.05) is 19.5 Å². The topological polar surface area (TPSA) is 71.4 Å². The lowest BCUT2D eigenvalue weighted by atomic mass is 9.99. The molecule has 4 rings (SSSR count). The van der Waals surface area contributed by atoms with Crippen LogP contribution in [0.25, 0.3) is 10.9 Å². The molecule has 0 saturated heterocycles. The fourth-order valence-electron chi connectivity index (χ4n) is 3.94. The van der Waals surface area contributed by atoms with Crippen molar-refractivity contribution in [2.45, 2.75) is 24.8 Å². The zero-order chi connectivity index (χ0) is 23.8. The van der Waals surface area contributed by atoms with E-state index in [1.165, 1.54) is 4.90 Å². The van der Waals surface area contributed by atoms with Crippen molar-refractivity contribution in [2.75, 3.05) is 14.1 Å². The lowest BCUT2D eigenvalue weighted by molar-refractivity contribution is 0.219. The Kier molecular flexibility index (Phi) is 6.10. The zero-order valence-corrected chi connectivity index (χ0v) is 19.9. The van der Waals surface area contributed by atoms with Crippen molar-refractivity contribution < 1.29 is 13.2 Å². The standard InChI is InChI=1S/C26H27N3O3S/c1-18-13-15-21(16-14-18)33(31,32)27-25(22-11-7-5-9-19(22)2)24-17-20-10-6-8-12-23(20)29(24)26(30)28(3)4/h5-17,25,27H,1-4H3. The van der Waals surface area contributed by atoms with Gasteiger partial charge in [-0.1, -0.05) is 60.2 Å². The Morgan fingerprint density at radius 3 is 2.21 bits per heavy atom. The van der Waals surface area contributed by atoms with Crippen LogP contribution in [0.3, 0.4) is 0 Å². The van der Waals surface area contributed by atoms with E-state index in [4.69, 9.17) is 0 Å². The minimum atomic E-state index is -3.88. The third-order valence-corrected chi connectivity index (χ3v) is 7.15. The Morgan fingerprint density at radius 2 is 1.55 bits per heavy atom. The summed E-state index contributed by atoms with van der Waals surface area (Å²) in [5.74, 6) is 0. The highest BCUT2D eigenvalue weighted by atomic mass is 32.2. The Labute approximate surface area is 194 Å². The number of sulfonamides is 1. The summed E-state index contributed by atoms with van der Waals surface area (Å²) in [5, 5.41) is 0.857. The van der Waals surface area contributed by atoms with Crippen molar-refractivity contribution in [3.8, 4) is 0 Å². The molecule has 0 spiro atoms. The maximum atomic E-state index is 13.4. The molecular formula is C26H27N3O3S. The predicted octanol–water partition coefficient (Wildman–Crippen LogP) is 4.86. The van der Waals surface area contributed by atoms with Gasteiger partial charge >= 0.3 is 6.03 Å². The molecule has 6 nitrogen and oxygen atoms in total. The van der Waals surface area contributed by atoms with E-state index in [1.54, 1.807) is 42.9 Å². The number of benzene rings is 3. The molecule has 1 N–H and O–H groups in total. The molecule has 33 heavy (non-hydrogen) atoms. The molecule has 0 radical (unpaired) electrons. The van der Waals surface area contributed by atoms with Crippen LogP contribution >= 0.6 is 0 Å². The number of carbonyl (C=O) groups is 1. The molecule has 0 fully saturated rings. The Morgan fingerprint density at radius 1 is 0.909 bits per heavy atom. The predicted molar refractivity (Wildman–Crippen MR) is 131 cm³/mol. The molecule has 7 heteroatoms. The average Bonchev–Trinajstić information content (AvgIpc) is 3.17. The van der Waals surface area contributed by atoms with Crippen LogP contribution < -0.4 is 4.72 Å². The van der Waals surface area contributed by atoms with Crippen LogP contribution in [0.4, 0.5) is 4.79 Å². The average molecular weight is 462 g/mol. The van der Waals surface area contributed by atoms with E-state index in [2.05, 4.69) is 4.72 Å². The molecule has 0 aliphatic rings. The first kappa shape index (κ1) is 22.8. The summed E-state index contributed by atoms with van der Waals surface area (Å²) in [7, 11) is -0.516. The third kappa shape index (κ3) is 4.42. The largest absolute Gasteiger partial charge is 0.330 e. The summed E-state index contributed by atoms with van der Waals surface area (Å²) in [4.78, 5) is 14.9. The van der Waals surface area contributed by atoms with Gasteiger partial charge in [-0.3, -0.25) is 4.57 Å². The number of hydrogen-bond donors (Lipinski definition) is 1. The van der Waals surface area contributed by atoms with Crippen LogP contribution in [0.1, 0.15) is 28.4 Å². The van der Waals surface area contributed by atoms with Crippen LogP contribution in [-0.2, 0) is 10.0 Å². The SMILES string of the molecule is Cc1ccc(S(=O)(=O)NC(c2ccccc2C)c2cc3ccccc3n2C(=O)N(C)C)cc1. The molecule has 1 heterocycles. The number of amides is 1. The number of rotatable bonds is 5. The first-order chi connectivity index (χ1) is 15.7. The van der Waals surface area contributed by atoms with Crippen molar-refractivity contribution in [2.24, 2.45) is 0 Å². The second kappa shape index (κ2) is 8.84. The summed E-state index contributed by atoms with van der Waals surface area (Å²) < 4.78 is 31.3. The molecular weight excluding hydrogens is 434 g/mol. The molecule has 4 aromatic rings. The normalized spacial score (nSPS) is 12.6. The minimum absolute atomic E-state index is 0.174. The van der Waals surface area contributed by atoms with Gasteiger partial charge in [-0.15, -0.1) is 0 Å². The van der Waals surface area contributed by atoms with E-state index in [9.17, 15) is 13.2 Å². The summed E-state index contributed by atoms with van der Waals surface area (Å²) in [6.45, 7) is 3.84. The van der Waals surface area contributed by atoms with Gasteiger partial charge in [0.2, 0.25) is 10.0 Å². The molecule has 0 aliphatic carbocycles. The van der Waals surface area contributed by atoms with E-state index >= 15 is 0 Å². The van der Waals surface area contributed by atoms with Crippen LogP contribution in [0.2, 0.25) is 0 Å². The van der Waals surface area contributed by atoms with E-state index in [1.807, 2.05) is 68.4 Å². The summed E-state index contributed by atoms with van der Waals surface area (Å²) in [6, 6.07) is 22.7. The molecule has 1 aromatic heterocycles. The van der Waals surface area contributed by atoms with E-state index < -0.39 is 16.1 Å². The molecule has 170 valence electrons. The second-order valence-electron chi connectivity index (χ2n) is 8.36. The molecule has 0 aliphatic heterocycles. The lowest BCUT2D eigenvalue weighted by Crippen LogP contribution is -2.35. The summed E-state index contributed by atoms with van der Waals surface area (Å²) in [5.41, 5.74) is 3.95. The molecule has 1 unspecified atom stereocenters. The van der Waals surface area contributed by atoms with Crippen LogP contribution in [-0.4, -0.2) is 38.0 Å². The molecule has 0 saturated carbocycles. The molecule has 1 amide bonds. The first-order valence-corrected chi connectivity index (χ1v) is 12.1. The van der Waals surface area contributed by atoms with Crippen molar-refractivity contribution >= 4 is 27.0 Å². The number of carbonyl (C=O) groups excluding carboxylic acids is 1. The van der Waals surface area contributed by atoms with Crippen molar-refractivity contribution in [3.63, 3.8) is 0 Å². The van der Waals surface area contributed by atoms with Crippen LogP contribution in [0.15, 0.2) is 83.8 Å². The molecule has 1 atom stereocenters. The number of aromatic nitrogens is 1. The molecule has 0 bridgehead atoms. The highest BCUT2D eigenvalue weighted by molar-refractivity contribution is 7.89. The van der Waals surface area contributed by atoms with Crippen LogP contribution in [0, 0.1) is 13.8 Å². The van der Waals surface area contributed by atoms with E-state index in [0.717, 1.165) is 27.6 Å². The van der Waals surface area contributed by atoms with Gasteiger partial charge in [-0.2, -0.15) is 4.72 Å². The number of nitrogens with one attached hydrogen (secondary N) is 1. The second-order valence-corrected chi connectivity index (χ2v) is 10.1. The number of aryl methyl sites for hydroxylation is 2. The van der Waals surface area contributed by atoms with Gasteiger partial charge in [0.25, 0.3) is 0 Å². The fourth-order valence-corrected chi connectivity index (χ4v) is 5.13. The number of fused-ring (bicyclic) bond motifs is 1. The van der Waals surface area contributed by atoms with Crippen LogP contribution in [0.5, 0.6) is 0 Å². The number of hydrogen-bond acceptors (Lipinski definition) is 3. The van der Waals surface area contributed by atoms with Gasteiger partial charge in [0.15, 0.2) is 0 Å². The fraction of sp³-hybridized carbons (Fsp3) is 0.192. The smallest absolute Gasteiger partial charge is 0.328 e. The van der Waals surface area contributed by atoms with Crippen molar-refractivity contribution in [3.05, 3.63) is 101 Å². The van der Waals surface area contributed by atoms with Gasteiger partial charge in [0.05, 0.1) is 22.1 Å². The Balaban J connectivity index is 1.95. The highest BCUT2D eigenvalue weighted by Crippen LogP contribution is 2.32. The van der Waals surface area contributed by atoms with Crippen molar-refractivity contribution in [1.29, 1.82) is 0 Å². The number of nitrogens with zero attached hydrogens (tertiary/aromatic N) is 2. The Bertz CT molecular complexity index is 1420. The lowest BCUT2D eigenvalue weighted by Gasteiger charge is -2.24. The van der Waals surface area contributed by atoms with Gasteiger partial charge in [-0.05, 0) is 49.2 Å². The van der Waals surface area contributed by atoms with E-state index in [-0.39, 0.29) is 10.9 Å². The first-order valence-electron chi connectivity index (χ1n) is 10.7. The van der Waals surface area contributed by atoms with Gasteiger partial charge in [-0.25, -0.2) is 13.2 Å². The monoisotopic (exact) mass is 461 g/mol.